The molecule has 0 radical (unpaired) electrons. The van der Waals surface area contributed by atoms with Crippen molar-refractivity contribution in [1.29, 1.82) is 0 Å². The maximum absolute atomic E-state index is 13.4. The van der Waals surface area contributed by atoms with E-state index in [-0.39, 0.29) is 17.1 Å². The Hall–Kier alpha value is -3.04. The molecule has 1 aliphatic heterocycles. The van der Waals surface area contributed by atoms with Gasteiger partial charge in [-0.3, -0.25) is 9.36 Å². The summed E-state index contributed by atoms with van der Waals surface area (Å²) in [6.45, 7) is 6.38. The Morgan fingerprint density at radius 1 is 1.16 bits per heavy atom. The van der Waals surface area contributed by atoms with Crippen LogP contribution in [0.25, 0.3) is 5.69 Å². The molecule has 1 N–H and O–H groups in total. The van der Waals surface area contributed by atoms with Gasteiger partial charge in [0.1, 0.15) is 17.0 Å². The fraction of sp³-hybridized carbons (Fsp3) is 0.318. The molecule has 31 heavy (non-hydrogen) atoms. The molecule has 1 aliphatic rings. The van der Waals surface area contributed by atoms with Crippen molar-refractivity contribution in [1.82, 2.24) is 18.8 Å². The van der Waals surface area contributed by atoms with E-state index in [1.54, 1.807) is 41.1 Å². The first-order valence-electron chi connectivity index (χ1n) is 10.2. The Balaban J connectivity index is 1.79. The maximum atomic E-state index is 13.4. The van der Waals surface area contributed by atoms with Crippen LogP contribution in [0.15, 0.2) is 53.8 Å². The summed E-state index contributed by atoms with van der Waals surface area (Å²) in [4.78, 5) is 21.8. The predicted octanol–water partition coefficient (Wildman–Crippen LogP) is 3.38. The molecule has 2 aromatic heterocycles. The topological polar surface area (TPSA) is 97.2 Å². The second kappa shape index (κ2) is 8.24. The van der Waals surface area contributed by atoms with E-state index in [4.69, 9.17) is 0 Å². The zero-order chi connectivity index (χ0) is 22.2. The molecule has 0 saturated heterocycles. The van der Waals surface area contributed by atoms with Crippen LogP contribution in [0, 0.1) is 12.8 Å². The molecule has 1 aromatic carbocycles. The second-order valence-corrected chi connectivity index (χ2v) is 9.93. The molecule has 0 spiro atoms. The maximum Gasteiger partial charge on any atom is 0.277 e. The Morgan fingerprint density at radius 3 is 2.68 bits per heavy atom. The molecule has 1 amide bonds. The number of aromatic nitrogens is 3. The van der Waals surface area contributed by atoms with E-state index in [1.165, 1.54) is 10.6 Å². The first-order valence-corrected chi connectivity index (χ1v) is 11.6. The molecular formula is C22H25N5O3S. The van der Waals surface area contributed by atoms with Crippen LogP contribution in [0.1, 0.15) is 42.0 Å². The number of aryl methyl sites for hydroxylation is 1. The van der Waals surface area contributed by atoms with Crippen LogP contribution in [0.5, 0.6) is 0 Å². The van der Waals surface area contributed by atoms with Gasteiger partial charge in [0, 0.05) is 12.7 Å². The number of anilines is 1. The highest BCUT2D eigenvalue weighted by molar-refractivity contribution is 7.89. The lowest BCUT2D eigenvalue weighted by molar-refractivity contribution is 0.102. The van der Waals surface area contributed by atoms with Gasteiger partial charge in [0.15, 0.2) is 5.69 Å². The lowest BCUT2D eigenvalue weighted by Crippen LogP contribution is -2.32. The third kappa shape index (κ3) is 3.98. The Morgan fingerprint density at radius 2 is 1.94 bits per heavy atom. The number of amides is 1. The van der Waals surface area contributed by atoms with Gasteiger partial charge in [-0.05, 0) is 43.0 Å². The van der Waals surface area contributed by atoms with E-state index < -0.39 is 15.9 Å². The summed E-state index contributed by atoms with van der Waals surface area (Å²) >= 11 is 0. The molecule has 4 rings (SSSR count). The van der Waals surface area contributed by atoms with Gasteiger partial charge >= 0.3 is 0 Å². The normalized spacial score (nSPS) is 15.2. The molecule has 8 nitrogen and oxygen atoms in total. The molecule has 3 aromatic rings. The minimum Gasteiger partial charge on any atom is -0.305 e. The fourth-order valence-electron chi connectivity index (χ4n) is 3.57. The van der Waals surface area contributed by atoms with Crippen LogP contribution in [0.2, 0.25) is 0 Å². The number of pyridine rings is 1. The SMILES string of the molecule is Cc1cccnc1NC(=O)c1ncn2c1CN(CCC(C)C)S(=O)(=O)c1ccccc1-2. The summed E-state index contributed by atoms with van der Waals surface area (Å²) in [5.74, 6) is 0.372. The van der Waals surface area contributed by atoms with Crippen LogP contribution in [-0.4, -0.2) is 39.7 Å². The van der Waals surface area contributed by atoms with Crippen molar-refractivity contribution in [3.63, 3.8) is 0 Å². The Kier molecular flexibility index (Phi) is 5.63. The first kappa shape index (κ1) is 21.2. The number of carbonyl (C=O) groups excluding carboxylic acids is 1. The average Bonchev–Trinajstić information content (AvgIpc) is 3.12. The molecule has 0 fully saturated rings. The quantitative estimate of drug-likeness (QED) is 0.657. The number of fused-ring (bicyclic) bond motifs is 3. The zero-order valence-corrected chi connectivity index (χ0v) is 18.6. The van der Waals surface area contributed by atoms with Crippen LogP contribution in [0.4, 0.5) is 5.82 Å². The van der Waals surface area contributed by atoms with Gasteiger partial charge in [0.25, 0.3) is 5.91 Å². The number of nitrogens with one attached hydrogen (secondary N) is 1. The molecule has 0 unspecified atom stereocenters. The minimum atomic E-state index is -3.72. The van der Waals surface area contributed by atoms with Gasteiger partial charge in [-0.15, -0.1) is 0 Å². The largest absolute Gasteiger partial charge is 0.305 e. The Labute approximate surface area is 182 Å². The van der Waals surface area contributed by atoms with Crippen molar-refractivity contribution in [2.45, 2.75) is 38.6 Å². The minimum absolute atomic E-state index is 0.0632. The summed E-state index contributed by atoms with van der Waals surface area (Å²) in [5, 5.41) is 2.80. The molecule has 162 valence electrons. The molecule has 0 bridgehead atoms. The number of hydrogen-bond donors (Lipinski definition) is 1. The number of para-hydroxylation sites is 1. The van der Waals surface area contributed by atoms with E-state index in [9.17, 15) is 13.2 Å². The van der Waals surface area contributed by atoms with Crippen molar-refractivity contribution >= 4 is 21.7 Å². The van der Waals surface area contributed by atoms with Crippen LogP contribution >= 0.6 is 0 Å². The highest BCUT2D eigenvalue weighted by atomic mass is 32.2. The number of benzene rings is 1. The average molecular weight is 440 g/mol. The number of rotatable bonds is 5. The van der Waals surface area contributed by atoms with Crippen LogP contribution in [0.3, 0.4) is 0 Å². The van der Waals surface area contributed by atoms with E-state index in [0.717, 1.165) is 5.56 Å². The summed E-state index contributed by atoms with van der Waals surface area (Å²) < 4.78 is 29.9. The van der Waals surface area contributed by atoms with Gasteiger partial charge in [0.05, 0.1) is 17.9 Å². The van der Waals surface area contributed by atoms with Gasteiger partial charge < -0.3 is 5.32 Å². The van der Waals surface area contributed by atoms with Crippen molar-refractivity contribution in [2.24, 2.45) is 5.92 Å². The number of nitrogens with zero attached hydrogens (tertiary/aromatic N) is 4. The predicted molar refractivity (Wildman–Crippen MR) is 118 cm³/mol. The highest BCUT2D eigenvalue weighted by Gasteiger charge is 2.34. The fourth-order valence-corrected chi connectivity index (χ4v) is 5.17. The van der Waals surface area contributed by atoms with E-state index in [2.05, 4.69) is 29.1 Å². The molecule has 0 atom stereocenters. The monoisotopic (exact) mass is 439 g/mol. The van der Waals surface area contributed by atoms with Gasteiger partial charge in [-0.2, -0.15) is 4.31 Å². The summed E-state index contributed by atoms with van der Waals surface area (Å²) in [7, 11) is -3.72. The van der Waals surface area contributed by atoms with Crippen molar-refractivity contribution in [3.8, 4) is 5.69 Å². The smallest absolute Gasteiger partial charge is 0.277 e. The summed E-state index contributed by atoms with van der Waals surface area (Å²) in [6, 6.07) is 10.5. The third-order valence-electron chi connectivity index (χ3n) is 5.35. The van der Waals surface area contributed by atoms with Crippen LogP contribution < -0.4 is 5.32 Å². The van der Waals surface area contributed by atoms with Gasteiger partial charge in [-0.25, -0.2) is 18.4 Å². The Bertz CT molecular complexity index is 1230. The highest BCUT2D eigenvalue weighted by Crippen LogP contribution is 2.31. The first-order chi connectivity index (χ1) is 14.8. The third-order valence-corrected chi connectivity index (χ3v) is 7.24. The molecule has 9 heteroatoms. The van der Waals surface area contributed by atoms with Crippen molar-refractivity contribution in [3.05, 3.63) is 65.9 Å². The molecule has 0 aliphatic carbocycles. The van der Waals surface area contributed by atoms with Crippen LogP contribution in [-0.2, 0) is 16.6 Å². The summed E-state index contributed by atoms with van der Waals surface area (Å²) in [6.07, 6.45) is 3.83. The number of sulfonamides is 1. The van der Waals surface area contributed by atoms with Gasteiger partial charge in [-0.1, -0.05) is 32.0 Å². The van der Waals surface area contributed by atoms with Gasteiger partial charge in [0.2, 0.25) is 10.0 Å². The number of imidazole rings is 1. The van der Waals surface area contributed by atoms with Crippen molar-refractivity contribution < 1.29 is 13.2 Å². The lowest BCUT2D eigenvalue weighted by Gasteiger charge is -2.21. The summed E-state index contributed by atoms with van der Waals surface area (Å²) in [5.41, 5.74) is 2.03. The van der Waals surface area contributed by atoms with E-state index >= 15 is 0 Å². The number of carbonyl (C=O) groups is 1. The van der Waals surface area contributed by atoms with Crippen molar-refractivity contribution in [2.75, 3.05) is 11.9 Å². The van der Waals surface area contributed by atoms with E-state index in [0.29, 0.717) is 36.1 Å². The second-order valence-electron chi connectivity index (χ2n) is 8.02. The number of hydrogen-bond acceptors (Lipinski definition) is 5. The van der Waals surface area contributed by atoms with E-state index in [1.807, 2.05) is 13.0 Å². The lowest BCUT2D eigenvalue weighted by atomic mass is 10.1. The molecule has 3 heterocycles. The molecule has 0 saturated carbocycles. The molecular weight excluding hydrogens is 414 g/mol. The zero-order valence-electron chi connectivity index (χ0n) is 17.7. The standard InChI is InChI=1S/C22H25N5O3S/c1-15(2)10-12-26-13-18-20(22(28)25-21-16(3)7-6-11-23-21)24-14-27(18)17-8-4-5-9-19(17)31(26,29)30/h4-9,11,14-15H,10,12-13H2,1-3H3,(H,23,25,28).